The average molecular weight is 625 g/mol. The van der Waals surface area contributed by atoms with Crippen LogP contribution < -0.4 is 24.1 Å². The van der Waals surface area contributed by atoms with E-state index in [-0.39, 0.29) is 0 Å². The molecule has 0 unspecified atom stereocenters. The standard InChI is InChI=1S/C39H64O4Si/c1-44(2,3)39-37-28-25-29-38(39)43-33-23-19-15-11-7-5-9-13-17-21-31-41-36-27-24-26-35(34-36)40-30-20-16-12-8-4-6-10-14-18-22-32-42-37/h24-29,34H,4-23,30-33H2,1-3H3. The maximum Gasteiger partial charge on any atom is 0.122 e. The summed E-state index contributed by atoms with van der Waals surface area (Å²) < 4.78 is 24.8. The summed E-state index contributed by atoms with van der Waals surface area (Å²) in [6, 6.07) is 14.6. The molecule has 0 aliphatic carbocycles. The molecular formula is C39H64O4Si. The van der Waals surface area contributed by atoms with E-state index in [0.717, 1.165) is 75.1 Å². The fourth-order valence-electron chi connectivity index (χ4n) is 6.13. The topological polar surface area (TPSA) is 36.9 Å². The molecule has 248 valence electrons. The van der Waals surface area contributed by atoms with Gasteiger partial charge in [0.15, 0.2) is 0 Å². The number of hydrogen-bond donors (Lipinski definition) is 0. The summed E-state index contributed by atoms with van der Waals surface area (Å²) in [6.45, 7) is 10.4. The highest BCUT2D eigenvalue weighted by Crippen LogP contribution is 2.24. The lowest BCUT2D eigenvalue weighted by atomic mass is 10.1. The van der Waals surface area contributed by atoms with Crippen LogP contribution >= 0.6 is 0 Å². The van der Waals surface area contributed by atoms with E-state index in [4.69, 9.17) is 18.9 Å². The predicted molar refractivity (Wildman–Crippen MR) is 190 cm³/mol. The molecule has 1 aliphatic heterocycles. The fraction of sp³-hybridized carbons (Fsp3) is 0.692. The molecule has 1 aliphatic rings. The average Bonchev–Trinajstić information content (AvgIpc) is 3.00. The molecule has 0 saturated heterocycles. The Morgan fingerprint density at radius 2 is 0.682 bits per heavy atom. The lowest BCUT2D eigenvalue weighted by molar-refractivity contribution is 0.289. The molecule has 4 nitrogen and oxygen atoms in total. The maximum atomic E-state index is 6.38. The Labute approximate surface area is 271 Å². The van der Waals surface area contributed by atoms with Crippen LogP contribution in [-0.4, -0.2) is 34.5 Å². The first kappa shape index (κ1) is 36.3. The number of benzene rings is 2. The van der Waals surface area contributed by atoms with Crippen LogP contribution in [0.3, 0.4) is 0 Å². The van der Waals surface area contributed by atoms with E-state index in [2.05, 4.69) is 37.8 Å². The van der Waals surface area contributed by atoms with Crippen LogP contribution in [-0.2, 0) is 0 Å². The van der Waals surface area contributed by atoms with Gasteiger partial charge >= 0.3 is 0 Å². The van der Waals surface area contributed by atoms with Gasteiger partial charge in [-0.3, -0.25) is 0 Å². The smallest absolute Gasteiger partial charge is 0.122 e. The Balaban J connectivity index is 1.42. The first-order valence-corrected chi connectivity index (χ1v) is 21.8. The normalized spacial score (nSPS) is 19.2. The second-order valence-corrected chi connectivity index (χ2v) is 18.8. The summed E-state index contributed by atoms with van der Waals surface area (Å²) in [5, 5.41) is 1.35. The Hall–Kier alpha value is -2.14. The van der Waals surface area contributed by atoms with Gasteiger partial charge in [0.1, 0.15) is 23.0 Å². The largest absolute Gasteiger partial charge is 0.494 e. The third-order valence-electron chi connectivity index (χ3n) is 8.67. The molecule has 0 atom stereocenters. The van der Waals surface area contributed by atoms with Gasteiger partial charge in [-0.25, -0.2) is 0 Å². The quantitative estimate of drug-likeness (QED) is 0.296. The molecule has 0 N–H and O–H groups in total. The van der Waals surface area contributed by atoms with Gasteiger partial charge in [-0.05, 0) is 49.9 Å². The summed E-state index contributed by atoms with van der Waals surface area (Å²) in [5.41, 5.74) is 0. The molecule has 2 aromatic rings. The van der Waals surface area contributed by atoms with Crippen molar-refractivity contribution in [1.82, 2.24) is 0 Å². The summed E-state index contributed by atoms with van der Waals surface area (Å²) in [7, 11) is -1.61. The summed E-state index contributed by atoms with van der Waals surface area (Å²) in [5.74, 6) is 3.99. The number of fused-ring (bicyclic) bond motifs is 4. The minimum absolute atomic E-state index is 0.794. The number of ether oxygens (including phenoxy) is 4. The van der Waals surface area contributed by atoms with Gasteiger partial charge in [0.25, 0.3) is 0 Å². The van der Waals surface area contributed by atoms with Crippen molar-refractivity contribution in [1.29, 1.82) is 0 Å². The lowest BCUT2D eigenvalue weighted by Gasteiger charge is -2.24. The molecule has 1 heterocycles. The van der Waals surface area contributed by atoms with Crippen LogP contribution in [0.2, 0.25) is 19.6 Å². The molecule has 0 radical (unpaired) electrons. The molecule has 0 fully saturated rings. The van der Waals surface area contributed by atoms with E-state index >= 15 is 0 Å². The second kappa shape index (κ2) is 22.4. The summed E-state index contributed by atoms with van der Waals surface area (Å²) >= 11 is 0. The first-order valence-electron chi connectivity index (χ1n) is 18.3. The van der Waals surface area contributed by atoms with Crippen LogP contribution in [0.25, 0.3) is 0 Å². The van der Waals surface area contributed by atoms with E-state index in [1.165, 1.54) is 108 Å². The van der Waals surface area contributed by atoms with E-state index < -0.39 is 8.07 Å². The molecule has 0 aromatic heterocycles. The molecule has 0 saturated carbocycles. The van der Waals surface area contributed by atoms with Gasteiger partial charge in [0, 0.05) is 11.3 Å². The summed E-state index contributed by atoms with van der Waals surface area (Å²) in [4.78, 5) is 0. The van der Waals surface area contributed by atoms with Crippen molar-refractivity contribution in [3.63, 3.8) is 0 Å². The van der Waals surface area contributed by atoms with Crippen LogP contribution in [0.4, 0.5) is 0 Å². The highest BCUT2D eigenvalue weighted by atomic mass is 28.3. The monoisotopic (exact) mass is 624 g/mol. The molecule has 2 aromatic carbocycles. The summed E-state index contributed by atoms with van der Waals surface area (Å²) in [6.07, 6.45) is 25.5. The van der Waals surface area contributed by atoms with Crippen molar-refractivity contribution in [3.8, 4) is 23.0 Å². The SMILES string of the molecule is C[Si](C)(C)c1c2cccc1OCCCCCCCCCCCCOc1cccc(c1)OCCCCCCCCCCCCO2. The second-order valence-electron chi connectivity index (χ2n) is 13.8. The van der Waals surface area contributed by atoms with Crippen LogP contribution in [0, 0.1) is 0 Å². The van der Waals surface area contributed by atoms with Crippen LogP contribution in [0.1, 0.15) is 128 Å². The van der Waals surface area contributed by atoms with E-state index in [1.54, 1.807) is 0 Å². The minimum atomic E-state index is -1.61. The van der Waals surface area contributed by atoms with Gasteiger partial charge in [-0.2, -0.15) is 0 Å². The first-order chi connectivity index (χ1) is 21.5. The van der Waals surface area contributed by atoms with Crippen LogP contribution in [0.15, 0.2) is 42.5 Å². The minimum Gasteiger partial charge on any atom is -0.494 e. The maximum absolute atomic E-state index is 6.38. The van der Waals surface area contributed by atoms with Gasteiger partial charge in [-0.15, -0.1) is 0 Å². The van der Waals surface area contributed by atoms with Crippen molar-refractivity contribution in [2.45, 2.75) is 148 Å². The number of hydrogen-bond acceptors (Lipinski definition) is 4. The Morgan fingerprint density at radius 3 is 1.02 bits per heavy atom. The van der Waals surface area contributed by atoms with E-state index in [0.29, 0.717) is 0 Å². The van der Waals surface area contributed by atoms with E-state index in [9.17, 15) is 0 Å². The Kier molecular flexibility index (Phi) is 18.5. The van der Waals surface area contributed by atoms with Crippen molar-refractivity contribution in [2.75, 3.05) is 26.4 Å². The predicted octanol–water partition coefficient (Wildman–Crippen LogP) is 11.3. The zero-order chi connectivity index (χ0) is 31.1. The fourth-order valence-corrected chi connectivity index (χ4v) is 7.91. The highest BCUT2D eigenvalue weighted by molar-refractivity contribution is 6.90. The number of rotatable bonds is 1. The molecule has 44 heavy (non-hydrogen) atoms. The molecule has 5 heteroatoms. The Morgan fingerprint density at radius 1 is 0.386 bits per heavy atom. The van der Waals surface area contributed by atoms with Gasteiger partial charge < -0.3 is 18.9 Å². The molecular weight excluding hydrogens is 561 g/mol. The zero-order valence-corrected chi connectivity index (χ0v) is 29.6. The lowest BCUT2D eigenvalue weighted by Crippen LogP contribution is -2.40. The van der Waals surface area contributed by atoms with Gasteiger partial charge in [0.2, 0.25) is 0 Å². The van der Waals surface area contributed by atoms with Crippen molar-refractivity contribution in [2.24, 2.45) is 0 Å². The van der Waals surface area contributed by atoms with Gasteiger partial charge in [-0.1, -0.05) is 135 Å². The highest BCUT2D eigenvalue weighted by Gasteiger charge is 2.26. The van der Waals surface area contributed by atoms with E-state index in [1.807, 2.05) is 24.3 Å². The molecule has 0 amide bonds. The van der Waals surface area contributed by atoms with Crippen molar-refractivity contribution in [3.05, 3.63) is 42.5 Å². The van der Waals surface area contributed by atoms with Crippen molar-refractivity contribution >= 4 is 13.3 Å². The molecule has 3 rings (SSSR count). The Bertz CT molecular complexity index is 936. The van der Waals surface area contributed by atoms with Crippen molar-refractivity contribution < 1.29 is 18.9 Å². The molecule has 0 spiro atoms. The van der Waals surface area contributed by atoms with Gasteiger partial charge in [0.05, 0.1) is 34.5 Å². The van der Waals surface area contributed by atoms with Crippen LogP contribution in [0.5, 0.6) is 23.0 Å². The third-order valence-corrected chi connectivity index (χ3v) is 10.7. The molecule has 4 bridgehead atoms. The third kappa shape index (κ3) is 15.7. The zero-order valence-electron chi connectivity index (χ0n) is 28.6.